The number of methoxy groups -OCH3 is 1. The van der Waals surface area contributed by atoms with Crippen molar-refractivity contribution < 1.29 is 9.53 Å². The largest absolute Gasteiger partial charge is 0.385 e. The molecular formula is C10H18N4O2. The normalized spacial score (nSPS) is 12.7. The summed E-state index contributed by atoms with van der Waals surface area (Å²) in [5, 5.41) is 7.60. The molecular weight excluding hydrogens is 208 g/mol. The van der Waals surface area contributed by atoms with Crippen molar-refractivity contribution in [3.05, 3.63) is 11.9 Å². The zero-order valence-corrected chi connectivity index (χ0v) is 9.72. The van der Waals surface area contributed by atoms with Gasteiger partial charge in [0, 0.05) is 27.0 Å². The molecule has 1 aromatic heterocycles. The molecule has 0 radical (unpaired) electrons. The molecule has 0 aliphatic carbocycles. The van der Waals surface area contributed by atoms with Gasteiger partial charge >= 0.3 is 0 Å². The monoisotopic (exact) mass is 226 g/mol. The predicted octanol–water partition coefficient (Wildman–Crippen LogP) is -0.319. The number of ether oxygens (including phenoxy) is 1. The standard InChI is InChI=1S/C10H18N4O2/c1-14-7-8(12-13-14)6-10(15)9(11)4-3-5-16-2/h7,9H,3-6,11H2,1-2H3. The molecule has 0 bridgehead atoms. The molecule has 1 unspecified atom stereocenters. The summed E-state index contributed by atoms with van der Waals surface area (Å²) in [7, 11) is 3.40. The number of aromatic nitrogens is 3. The smallest absolute Gasteiger partial charge is 0.155 e. The summed E-state index contributed by atoms with van der Waals surface area (Å²) in [6.45, 7) is 0.631. The molecule has 90 valence electrons. The van der Waals surface area contributed by atoms with E-state index in [-0.39, 0.29) is 12.2 Å². The first-order chi connectivity index (χ1) is 7.63. The summed E-state index contributed by atoms with van der Waals surface area (Å²) in [5.74, 6) is -0.00315. The molecule has 1 atom stereocenters. The maximum Gasteiger partial charge on any atom is 0.155 e. The molecule has 1 aromatic rings. The minimum absolute atomic E-state index is 0.00315. The van der Waals surface area contributed by atoms with Gasteiger partial charge in [-0.3, -0.25) is 9.48 Å². The van der Waals surface area contributed by atoms with Crippen molar-refractivity contribution in [1.29, 1.82) is 0 Å². The van der Waals surface area contributed by atoms with Gasteiger partial charge in [0.05, 0.1) is 18.2 Å². The molecule has 1 heterocycles. The second-order valence-corrected chi connectivity index (χ2v) is 3.77. The average molecular weight is 226 g/mol. The first-order valence-electron chi connectivity index (χ1n) is 5.26. The number of hydrogen-bond acceptors (Lipinski definition) is 5. The van der Waals surface area contributed by atoms with Crippen LogP contribution in [0.4, 0.5) is 0 Å². The van der Waals surface area contributed by atoms with Crippen LogP contribution in [0.1, 0.15) is 18.5 Å². The van der Waals surface area contributed by atoms with Gasteiger partial charge in [0.2, 0.25) is 0 Å². The highest BCUT2D eigenvalue weighted by atomic mass is 16.5. The molecule has 0 spiro atoms. The van der Waals surface area contributed by atoms with Crippen LogP contribution in [0.5, 0.6) is 0 Å². The fourth-order valence-corrected chi connectivity index (χ4v) is 1.39. The number of rotatable bonds is 7. The molecule has 6 heteroatoms. The maximum atomic E-state index is 11.7. The lowest BCUT2D eigenvalue weighted by molar-refractivity contribution is -0.119. The Bertz CT molecular complexity index is 337. The quantitative estimate of drug-likeness (QED) is 0.644. The van der Waals surface area contributed by atoms with E-state index in [0.717, 1.165) is 6.42 Å². The second-order valence-electron chi connectivity index (χ2n) is 3.77. The number of nitrogens with zero attached hydrogens (tertiary/aromatic N) is 3. The Morgan fingerprint density at radius 1 is 1.69 bits per heavy atom. The Kier molecular flexibility index (Phi) is 5.07. The number of aryl methyl sites for hydroxylation is 1. The Labute approximate surface area is 94.8 Å². The van der Waals surface area contributed by atoms with Gasteiger partial charge in [0.15, 0.2) is 5.78 Å². The van der Waals surface area contributed by atoms with E-state index >= 15 is 0 Å². The molecule has 0 fully saturated rings. The van der Waals surface area contributed by atoms with Gasteiger partial charge in [-0.05, 0) is 12.8 Å². The second kappa shape index (κ2) is 6.34. The summed E-state index contributed by atoms with van der Waals surface area (Å²) in [5.41, 5.74) is 6.41. The number of ketones is 1. The topological polar surface area (TPSA) is 83.0 Å². The third-order valence-electron chi connectivity index (χ3n) is 2.28. The highest BCUT2D eigenvalue weighted by Crippen LogP contribution is 2.01. The Balaban J connectivity index is 2.34. The third kappa shape index (κ3) is 4.08. The van der Waals surface area contributed by atoms with Gasteiger partial charge in [0.1, 0.15) is 0 Å². The lowest BCUT2D eigenvalue weighted by Gasteiger charge is -2.08. The minimum atomic E-state index is -0.433. The van der Waals surface area contributed by atoms with Crippen molar-refractivity contribution in [2.45, 2.75) is 25.3 Å². The number of Topliss-reactive ketones (excluding diaryl/α,β-unsaturated/α-hetero) is 1. The zero-order chi connectivity index (χ0) is 12.0. The summed E-state index contributed by atoms with van der Waals surface area (Å²) >= 11 is 0. The molecule has 1 rings (SSSR count). The van der Waals surface area contributed by atoms with Crippen LogP contribution >= 0.6 is 0 Å². The van der Waals surface area contributed by atoms with Crippen LogP contribution in [0.25, 0.3) is 0 Å². The number of nitrogens with two attached hydrogens (primary N) is 1. The van der Waals surface area contributed by atoms with Gasteiger partial charge < -0.3 is 10.5 Å². The molecule has 0 amide bonds. The van der Waals surface area contributed by atoms with E-state index in [0.29, 0.717) is 18.7 Å². The van der Waals surface area contributed by atoms with Crippen LogP contribution in [0, 0.1) is 0 Å². The van der Waals surface area contributed by atoms with Crippen LogP contribution in [-0.2, 0) is 23.0 Å². The van der Waals surface area contributed by atoms with Gasteiger partial charge in [-0.2, -0.15) is 0 Å². The highest BCUT2D eigenvalue weighted by molar-refractivity contribution is 5.85. The SMILES string of the molecule is COCCCC(N)C(=O)Cc1cn(C)nn1. The van der Waals surface area contributed by atoms with Crippen molar-refractivity contribution in [3.8, 4) is 0 Å². The minimum Gasteiger partial charge on any atom is -0.385 e. The van der Waals surface area contributed by atoms with E-state index in [1.165, 1.54) is 0 Å². The van der Waals surface area contributed by atoms with Crippen LogP contribution in [0.3, 0.4) is 0 Å². The van der Waals surface area contributed by atoms with Gasteiger partial charge in [-0.15, -0.1) is 5.10 Å². The first kappa shape index (κ1) is 12.8. The zero-order valence-electron chi connectivity index (χ0n) is 9.72. The summed E-state index contributed by atoms with van der Waals surface area (Å²) in [4.78, 5) is 11.7. The molecule has 6 nitrogen and oxygen atoms in total. The predicted molar refractivity (Wildman–Crippen MR) is 58.8 cm³/mol. The molecule has 16 heavy (non-hydrogen) atoms. The number of carbonyl (C=O) groups is 1. The van der Waals surface area contributed by atoms with Crippen LogP contribution in [0.2, 0.25) is 0 Å². The Hall–Kier alpha value is -1.27. The molecule has 0 aliphatic rings. The molecule has 0 aliphatic heterocycles. The lowest BCUT2D eigenvalue weighted by Crippen LogP contribution is -2.32. The van der Waals surface area contributed by atoms with Crippen LogP contribution < -0.4 is 5.73 Å². The average Bonchev–Trinajstić information content (AvgIpc) is 2.64. The molecule has 0 saturated heterocycles. The van der Waals surface area contributed by atoms with E-state index in [9.17, 15) is 4.79 Å². The van der Waals surface area contributed by atoms with Crippen molar-refractivity contribution in [2.75, 3.05) is 13.7 Å². The highest BCUT2D eigenvalue weighted by Gasteiger charge is 2.15. The third-order valence-corrected chi connectivity index (χ3v) is 2.28. The van der Waals surface area contributed by atoms with E-state index in [2.05, 4.69) is 10.3 Å². The summed E-state index contributed by atoms with van der Waals surface area (Å²) in [6, 6.07) is -0.433. The number of hydrogen-bond donors (Lipinski definition) is 1. The van der Waals surface area contributed by atoms with E-state index in [1.807, 2.05) is 0 Å². The van der Waals surface area contributed by atoms with Gasteiger partial charge in [-0.25, -0.2) is 0 Å². The van der Waals surface area contributed by atoms with Crippen molar-refractivity contribution in [3.63, 3.8) is 0 Å². The van der Waals surface area contributed by atoms with E-state index in [1.54, 1.807) is 25.0 Å². The molecule has 0 saturated carbocycles. The van der Waals surface area contributed by atoms with E-state index < -0.39 is 6.04 Å². The first-order valence-corrected chi connectivity index (χ1v) is 5.26. The van der Waals surface area contributed by atoms with E-state index in [4.69, 9.17) is 10.5 Å². The van der Waals surface area contributed by atoms with Crippen molar-refractivity contribution in [2.24, 2.45) is 12.8 Å². The van der Waals surface area contributed by atoms with Crippen molar-refractivity contribution >= 4 is 5.78 Å². The van der Waals surface area contributed by atoms with Crippen LogP contribution in [-0.4, -0.2) is 40.5 Å². The number of carbonyl (C=O) groups excluding carboxylic acids is 1. The Morgan fingerprint density at radius 2 is 2.44 bits per heavy atom. The van der Waals surface area contributed by atoms with Crippen molar-refractivity contribution in [1.82, 2.24) is 15.0 Å². The van der Waals surface area contributed by atoms with Gasteiger partial charge in [0.25, 0.3) is 0 Å². The lowest BCUT2D eigenvalue weighted by atomic mass is 10.0. The van der Waals surface area contributed by atoms with Crippen LogP contribution in [0.15, 0.2) is 6.20 Å². The van der Waals surface area contributed by atoms with Gasteiger partial charge in [-0.1, -0.05) is 5.21 Å². The fourth-order valence-electron chi connectivity index (χ4n) is 1.39. The summed E-state index contributed by atoms with van der Waals surface area (Å²) in [6.07, 6.45) is 3.42. The molecule has 0 aromatic carbocycles. The Morgan fingerprint density at radius 3 is 3.00 bits per heavy atom. The maximum absolute atomic E-state index is 11.7. The summed E-state index contributed by atoms with van der Waals surface area (Å²) < 4.78 is 6.47. The fraction of sp³-hybridized carbons (Fsp3) is 0.700. The molecule has 2 N–H and O–H groups in total.